The minimum absolute atomic E-state index is 0.125. The molecule has 1 aromatic heterocycles. The van der Waals surface area contributed by atoms with E-state index in [1.807, 2.05) is 12.1 Å². The second-order valence-corrected chi connectivity index (χ2v) is 4.17. The molecule has 2 rings (SSSR count). The van der Waals surface area contributed by atoms with Gasteiger partial charge in [-0.1, -0.05) is 0 Å². The minimum atomic E-state index is 0.125. The van der Waals surface area contributed by atoms with Crippen LogP contribution in [0.4, 0.5) is 0 Å². The third-order valence-electron chi connectivity index (χ3n) is 2.29. The number of hydrogen-bond acceptors (Lipinski definition) is 3. The van der Waals surface area contributed by atoms with Gasteiger partial charge >= 0.3 is 0 Å². The fourth-order valence-corrected chi connectivity index (χ4v) is 1.85. The molecular formula is C10H12BrNO3. The van der Waals surface area contributed by atoms with E-state index < -0.39 is 0 Å². The molecule has 0 unspecified atom stereocenters. The number of halogens is 1. The van der Waals surface area contributed by atoms with Crippen molar-refractivity contribution in [2.24, 2.45) is 0 Å². The normalized spacial score (nSPS) is 17.9. The monoisotopic (exact) mass is 273 g/mol. The maximum atomic E-state index is 11.6. The smallest absolute Gasteiger partial charge is 0.225 e. The van der Waals surface area contributed by atoms with Crippen molar-refractivity contribution in [3.63, 3.8) is 0 Å². The van der Waals surface area contributed by atoms with E-state index in [0.717, 1.165) is 5.76 Å². The maximum absolute atomic E-state index is 11.6. The van der Waals surface area contributed by atoms with E-state index in [4.69, 9.17) is 9.15 Å². The van der Waals surface area contributed by atoms with E-state index in [2.05, 4.69) is 15.9 Å². The summed E-state index contributed by atoms with van der Waals surface area (Å²) < 4.78 is 11.3. The zero-order valence-corrected chi connectivity index (χ0v) is 9.83. The van der Waals surface area contributed by atoms with E-state index in [0.29, 0.717) is 37.4 Å². The van der Waals surface area contributed by atoms with E-state index in [9.17, 15) is 4.79 Å². The highest BCUT2D eigenvalue weighted by Crippen LogP contribution is 2.16. The lowest BCUT2D eigenvalue weighted by atomic mass is 10.3. The third kappa shape index (κ3) is 2.82. The van der Waals surface area contributed by atoms with Gasteiger partial charge < -0.3 is 14.1 Å². The number of carbonyl (C=O) groups excluding carboxylic acids is 1. The summed E-state index contributed by atoms with van der Waals surface area (Å²) >= 11 is 3.23. The number of carbonyl (C=O) groups is 1. The number of nitrogens with zero attached hydrogens (tertiary/aromatic N) is 1. The summed E-state index contributed by atoms with van der Waals surface area (Å²) in [4.78, 5) is 13.4. The standard InChI is InChI=1S/C10H12BrNO3/c11-9-2-1-8(15-9)7-12-4-6-14-5-3-10(12)13/h1-2H,3-7H2. The lowest BCUT2D eigenvalue weighted by Crippen LogP contribution is -2.30. The highest BCUT2D eigenvalue weighted by Gasteiger charge is 2.18. The Morgan fingerprint density at radius 1 is 1.40 bits per heavy atom. The van der Waals surface area contributed by atoms with Gasteiger partial charge in [-0.3, -0.25) is 4.79 Å². The van der Waals surface area contributed by atoms with Crippen molar-refractivity contribution in [2.75, 3.05) is 19.8 Å². The predicted octanol–water partition coefficient (Wildman–Crippen LogP) is 1.79. The van der Waals surface area contributed by atoms with Gasteiger partial charge in [0.15, 0.2) is 4.67 Å². The Kier molecular flexibility index (Phi) is 3.43. The van der Waals surface area contributed by atoms with Crippen LogP contribution in [0.3, 0.4) is 0 Å². The fraction of sp³-hybridized carbons (Fsp3) is 0.500. The highest BCUT2D eigenvalue weighted by molar-refractivity contribution is 9.10. The summed E-state index contributed by atoms with van der Waals surface area (Å²) in [7, 11) is 0. The molecule has 0 saturated carbocycles. The molecule has 0 spiro atoms. The van der Waals surface area contributed by atoms with Crippen molar-refractivity contribution in [1.82, 2.24) is 4.90 Å². The van der Waals surface area contributed by atoms with Gasteiger partial charge in [0.1, 0.15) is 5.76 Å². The molecule has 1 aromatic rings. The van der Waals surface area contributed by atoms with E-state index >= 15 is 0 Å². The van der Waals surface area contributed by atoms with Crippen molar-refractivity contribution in [3.8, 4) is 0 Å². The topological polar surface area (TPSA) is 42.7 Å². The number of hydrogen-bond donors (Lipinski definition) is 0. The van der Waals surface area contributed by atoms with Gasteiger partial charge in [-0.15, -0.1) is 0 Å². The largest absolute Gasteiger partial charge is 0.452 e. The van der Waals surface area contributed by atoms with Gasteiger partial charge in [0, 0.05) is 6.54 Å². The summed E-state index contributed by atoms with van der Waals surface area (Å²) in [5.74, 6) is 0.914. The van der Waals surface area contributed by atoms with Crippen LogP contribution in [0, 0.1) is 0 Å². The van der Waals surface area contributed by atoms with Crippen molar-refractivity contribution >= 4 is 21.8 Å². The van der Waals surface area contributed by atoms with Crippen molar-refractivity contribution in [1.29, 1.82) is 0 Å². The van der Waals surface area contributed by atoms with Gasteiger partial charge in [-0.25, -0.2) is 0 Å². The highest BCUT2D eigenvalue weighted by atomic mass is 79.9. The van der Waals surface area contributed by atoms with E-state index in [1.54, 1.807) is 4.90 Å². The minimum Gasteiger partial charge on any atom is -0.452 e. The average molecular weight is 274 g/mol. The SMILES string of the molecule is O=C1CCOCCN1Cc1ccc(Br)o1. The summed E-state index contributed by atoms with van der Waals surface area (Å²) in [6.45, 7) is 2.29. The first-order valence-electron chi connectivity index (χ1n) is 4.85. The lowest BCUT2D eigenvalue weighted by Gasteiger charge is -2.17. The average Bonchev–Trinajstić information content (AvgIpc) is 2.50. The van der Waals surface area contributed by atoms with Crippen LogP contribution in [0.5, 0.6) is 0 Å². The molecule has 5 heteroatoms. The van der Waals surface area contributed by atoms with E-state index in [1.165, 1.54) is 0 Å². The number of rotatable bonds is 2. The Labute approximate surface area is 96.3 Å². The van der Waals surface area contributed by atoms with Crippen molar-refractivity contribution in [3.05, 3.63) is 22.6 Å². The first-order valence-corrected chi connectivity index (χ1v) is 5.65. The van der Waals surface area contributed by atoms with E-state index in [-0.39, 0.29) is 5.91 Å². The zero-order valence-electron chi connectivity index (χ0n) is 8.24. The number of ether oxygens (including phenoxy) is 1. The third-order valence-corrected chi connectivity index (χ3v) is 2.72. The van der Waals surface area contributed by atoms with Gasteiger partial charge in [0.2, 0.25) is 5.91 Å². The zero-order chi connectivity index (χ0) is 10.7. The Balaban J connectivity index is 2.00. The molecule has 2 heterocycles. The Bertz CT molecular complexity index is 350. The molecule has 1 aliphatic heterocycles. The first kappa shape index (κ1) is 10.7. The quantitative estimate of drug-likeness (QED) is 0.825. The summed E-state index contributed by atoms with van der Waals surface area (Å²) in [5.41, 5.74) is 0. The van der Waals surface area contributed by atoms with Crippen LogP contribution in [0.15, 0.2) is 21.2 Å². The molecule has 0 atom stereocenters. The molecule has 1 fully saturated rings. The molecule has 0 N–H and O–H groups in total. The van der Waals surface area contributed by atoms with Crippen LogP contribution < -0.4 is 0 Å². The summed E-state index contributed by atoms with van der Waals surface area (Å²) in [6, 6.07) is 3.69. The molecule has 0 aliphatic carbocycles. The van der Waals surface area contributed by atoms with Crippen LogP contribution >= 0.6 is 15.9 Å². The van der Waals surface area contributed by atoms with Crippen molar-refractivity contribution in [2.45, 2.75) is 13.0 Å². The molecule has 82 valence electrons. The van der Waals surface area contributed by atoms with Crippen LogP contribution in [0.2, 0.25) is 0 Å². The molecule has 1 aliphatic rings. The number of amides is 1. The second-order valence-electron chi connectivity index (χ2n) is 3.38. The summed E-state index contributed by atoms with van der Waals surface area (Å²) in [5, 5.41) is 0. The second kappa shape index (κ2) is 4.81. The Hall–Kier alpha value is -0.810. The van der Waals surface area contributed by atoms with Crippen LogP contribution in [0.25, 0.3) is 0 Å². The molecule has 15 heavy (non-hydrogen) atoms. The molecule has 1 saturated heterocycles. The molecule has 1 amide bonds. The van der Waals surface area contributed by atoms with Gasteiger partial charge in [-0.2, -0.15) is 0 Å². The molecule has 4 nitrogen and oxygen atoms in total. The van der Waals surface area contributed by atoms with Crippen molar-refractivity contribution < 1.29 is 13.9 Å². The fourth-order valence-electron chi connectivity index (χ4n) is 1.51. The predicted molar refractivity (Wildman–Crippen MR) is 57.3 cm³/mol. The Morgan fingerprint density at radius 2 is 2.27 bits per heavy atom. The molecular weight excluding hydrogens is 262 g/mol. The molecule has 0 bridgehead atoms. The summed E-state index contributed by atoms with van der Waals surface area (Å²) in [6.07, 6.45) is 0.460. The number of furan rings is 1. The van der Waals surface area contributed by atoms with Crippen LogP contribution in [0.1, 0.15) is 12.2 Å². The van der Waals surface area contributed by atoms with Crippen LogP contribution in [-0.4, -0.2) is 30.6 Å². The van der Waals surface area contributed by atoms with Gasteiger partial charge in [-0.05, 0) is 28.1 Å². The Morgan fingerprint density at radius 3 is 3.00 bits per heavy atom. The first-order chi connectivity index (χ1) is 7.25. The van der Waals surface area contributed by atoms with Gasteiger partial charge in [0.05, 0.1) is 26.2 Å². The molecule has 0 radical (unpaired) electrons. The molecule has 0 aromatic carbocycles. The van der Waals surface area contributed by atoms with Crippen LogP contribution in [-0.2, 0) is 16.1 Å². The van der Waals surface area contributed by atoms with Gasteiger partial charge in [0.25, 0.3) is 0 Å². The maximum Gasteiger partial charge on any atom is 0.225 e. The lowest BCUT2D eigenvalue weighted by molar-refractivity contribution is -0.131.